The molecule has 128 valence electrons. The van der Waals surface area contributed by atoms with Crippen LogP contribution in [-0.2, 0) is 0 Å². The van der Waals surface area contributed by atoms with Crippen molar-refractivity contribution in [2.75, 3.05) is 20.3 Å². The lowest BCUT2D eigenvalue weighted by Gasteiger charge is -2.19. The summed E-state index contributed by atoms with van der Waals surface area (Å²) in [7, 11) is 1.71. The maximum Gasteiger partial charge on any atom is 0.161 e. The lowest BCUT2D eigenvalue weighted by atomic mass is 9.99. The highest BCUT2D eigenvalue weighted by molar-refractivity contribution is 7.10. The van der Waals surface area contributed by atoms with Crippen molar-refractivity contribution < 1.29 is 14.2 Å². The first-order valence-electron chi connectivity index (χ1n) is 8.17. The average molecular weight is 353 g/mol. The van der Waals surface area contributed by atoms with Crippen LogP contribution in [0, 0.1) is 13.8 Å². The van der Waals surface area contributed by atoms with Gasteiger partial charge < -0.3 is 14.2 Å². The van der Waals surface area contributed by atoms with Crippen LogP contribution in [0.4, 0.5) is 0 Å². The second-order valence-electron chi connectivity index (χ2n) is 6.05. The Kier molecular flexibility index (Phi) is 4.09. The molecule has 2 heterocycles. The maximum absolute atomic E-state index is 5.72. The fourth-order valence-electron chi connectivity index (χ4n) is 3.03. The number of aryl methyl sites for hydroxylation is 1. The average Bonchev–Trinajstić information content (AvgIpc) is 3.13. The molecule has 2 aromatic carbocycles. The van der Waals surface area contributed by atoms with Gasteiger partial charge in [0.25, 0.3) is 0 Å². The van der Waals surface area contributed by atoms with Gasteiger partial charge in [-0.05, 0) is 65.8 Å². The normalized spacial score (nSPS) is 12.9. The van der Waals surface area contributed by atoms with Gasteiger partial charge in [-0.2, -0.15) is 4.37 Å². The van der Waals surface area contributed by atoms with Crippen LogP contribution in [0.15, 0.2) is 36.5 Å². The van der Waals surface area contributed by atoms with Gasteiger partial charge in [0.15, 0.2) is 11.5 Å². The number of rotatable bonds is 3. The molecule has 0 bridgehead atoms. The summed E-state index contributed by atoms with van der Waals surface area (Å²) in [5, 5.41) is 0. The molecule has 3 aromatic rings. The standard InChI is InChI=1S/C20H19NO3S/c1-12-8-15(10-18(22-3)13(12)2)20-16(11-21-25-20)14-4-5-17-19(9-14)24-7-6-23-17/h4-5,8-11H,6-7H2,1-3H3. The maximum atomic E-state index is 5.72. The summed E-state index contributed by atoms with van der Waals surface area (Å²) in [6.45, 7) is 5.36. The Bertz CT molecular complexity index is 933. The quantitative estimate of drug-likeness (QED) is 0.673. The van der Waals surface area contributed by atoms with E-state index in [1.807, 2.05) is 18.3 Å². The minimum absolute atomic E-state index is 0.583. The zero-order valence-electron chi connectivity index (χ0n) is 14.5. The van der Waals surface area contributed by atoms with Gasteiger partial charge in [0.2, 0.25) is 0 Å². The smallest absolute Gasteiger partial charge is 0.161 e. The Hall–Kier alpha value is -2.53. The molecule has 1 aromatic heterocycles. The summed E-state index contributed by atoms with van der Waals surface area (Å²) in [6.07, 6.45) is 1.91. The van der Waals surface area contributed by atoms with Gasteiger partial charge in [0, 0.05) is 11.8 Å². The topological polar surface area (TPSA) is 40.6 Å². The highest BCUT2D eigenvalue weighted by atomic mass is 32.1. The zero-order chi connectivity index (χ0) is 17.4. The zero-order valence-corrected chi connectivity index (χ0v) is 15.3. The Morgan fingerprint density at radius 1 is 1.00 bits per heavy atom. The molecule has 1 aliphatic heterocycles. The summed E-state index contributed by atoms with van der Waals surface area (Å²) in [4.78, 5) is 1.12. The van der Waals surface area contributed by atoms with Crippen molar-refractivity contribution in [2.24, 2.45) is 0 Å². The minimum atomic E-state index is 0.583. The second-order valence-corrected chi connectivity index (χ2v) is 6.85. The molecule has 4 nitrogen and oxygen atoms in total. The van der Waals surface area contributed by atoms with Crippen LogP contribution in [0.25, 0.3) is 21.6 Å². The van der Waals surface area contributed by atoms with Gasteiger partial charge in [-0.25, -0.2) is 0 Å². The highest BCUT2D eigenvalue weighted by Crippen LogP contribution is 2.41. The largest absolute Gasteiger partial charge is 0.496 e. The van der Waals surface area contributed by atoms with Crippen LogP contribution >= 0.6 is 11.5 Å². The van der Waals surface area contributed by atoms with Gasteiger partial charge in [-0.15, -0.1) is 0 Å². The molecule has 0 unspecified atom stereocenters. The van der Waals surface area contributed by atoms with Crippen LogP contribution in [0.5, 0.6) is 17.2 Å². The van der Waals surface area contributed by atoms with Gasteiger partial charge in [-0.3, -0.25) is 0 Å². The number of nitrogens with zero attached hydrogens (tertiary/aromatic N) is 1. The number of methoxy groups -OCH3 is 1. The number of aromatic nitrogens is 1. The van der Waals surface area contributed by atoms with Crippen LogP contribution < -0.4 is 14.2 Å². The van der Waals surface area contributed by atoms with E-state index in [-0.39, 0.29) is 0 Å². The molecule has 4 rings (SSSR count). The van der Waals surface area contributed by atoms with Gasteiger partial charge in [-0.1, -0.05) is 12.1 Å². The molecule has 0 spiro atoms. The van der Waals surface area contributed by atoms with Crippen molar-refractivity contribution in [1.82, 2.24) is 4.37 Å². The number of hydrogen-bond acceptors (Lipinski definition) is 5. The van der Waals surface area contributed by atoms with E-state index < -0.39 is 0 Å². The van der Waals surface area contributed by atoms with Crippen molar-refractivity contribution in [3.63, 3.8) is 0 Å². The SMILES string of the molecule is COc1cc(-c2sncc2-c2ccc3c(c2)OCCO3)cc(C)c1C. The Balaban J connectivity index is 1.80. The first kappa shape index (κ1) is 16.0. The third-order valence-electron chi connectivity index (χ3n) is 4.53. The van der Waals surface area contributed by atoms with E-state index in [0.717, 1.165) is 44.4 Å². The first-order valence-corrected chi connectivity index (χ1v) is 8.95. The minimum Gasteiger partial charge on any atom is -0.496 e. The monoisotopic (exact) mass is 353 g/mol. The van der Waals surface area contributed by atoms with E-state index in [9.17, 15) is 0 Å². The van der Waals surface area contributed by atoms with E-state index in [0.29, 0.717) is 13.2 Å². The lowest BCUT2D eigenvalue weighted by molar-refractivity contribution is 0.171. The summed E-state index contributed by atoms with van der Waals surface area (Å²) in [5.41, 5.74) is 5.65. The summed E-state index contributed by atoms with van der Waals surface area (Å²) in [5.74, 6) is 2.49. The lowest BCUT2D eigenvalue weighted by Crippen LogP contribution is -2.15. The van der Waals surface area contributed by atoms with Gasteiger partial charge >= 0.3 is 0 Å². The first-order chi connectivity index (χ1) is 12.2. The van der Waals surface area contributed by atoms with E-state index in [1.54, 1.807) is 7.11 Å². The number of fused-ring (bicyclic) bond motifs is 1. The van der Waals surface area contributed by atoms with Crippen LogP contribution in [0.1, 0.15) is 11.1 Å². The molecule has 25 heavy (non-hydrogen) atoms. The van der Waals surface area contributed by atoms with E-state index in [2.05, 4.69) is 36.4 Å². The van der Waals surface area contributed by atoms with Crippen molar-refractivity contribution >= 4 is 11.5 Å². The predicted octanol–water partition coefficient (Wildman–Crippen LogP) is 4.87. The molecule has 0 amide bonds. The molecular formula is C20H19NO3S. The van der Waals surface area contributed by atoms with Crippen LogP contribution in [0.2, 0.25) is 0 Å². The molecule has 0 N–H and O–H groups in total. The van der Waals surface area contributed by atoms with Crippen molar-refractivity contribution in [3.8, 4) is 38.8 Å². The molecule has 0 saturated heterocycles. The van der Waals surface area contributed by atoms with E-state index in [1.165, 1.54) is 17.1 Å². The second kappa shape index (κ2) is 6.41. The number of hydrogen-bond donors (Lipinski definition) is 0. The predicted molar refractivity (Wildman–Crippen MR) is 100 cm³/mol. The molecule has 0 aliphatic carbocycles. The third kappa shape index (κ3) is 2.85. The molecule has 0 fully saturated rings. The fraction of sp³-hybridized carbons (Fsp3) is 0.250. The Morgan fingerprint density at radius 3 is 2.60 bits per heavy atom. The van der Waals surface area contributed by atoms with Gasteiger partial charge in [0.05, 0.1) is 12.0 Å². The summed E-state index contributed by atoms with van der Waals surface area (Å²) < 4.78 is 21.3. The van der Waals surface area contributed by atoms with Crippen LogP contribution in [0.3, 0.4) is 0 Å². The summed E-state index contributed by atoms with van der Waals surface area (Å²) in [6, 6.07) is 10.3. The van der Waals surface area contributed by atoms with Crippen molar-refractivity contribution in [2.45, 2.75) is 13.8 Å². The Morgan fingerprint density at radius 2 is 1.80 bits per heavy atom. The molecule has 0 saturated carbocycles. The van der Waals surface area contributed by atoms with Crippen molar-refractivity contribution in [3.05, 3.63) is 47.7 Å². The third-order valence-corrected chi connectivity index (χ3v) is 5.37. The van der Waals surface area contributed by atoms with Crippen molar-refractivity contribution in [1.29, 1.82) is 0 Å². The molecule has 0 atom stereocenters. The molecule has 0 radical (unpaired) electrons. The molecular weight excluding hydrogens is 334 g/mol. The number of benzene rings is 2. The van der Waals surface area contributed by atoms with Crippen LogP contribution in [-0.4, -0.2) is 24.7 Å². The van der Waals surface area contributed by atoms with E-state index in [4.69, 9.17) is 14.2 Å². The fourth-order valence-corrected chi connectivity index (χ4v) is 3.79. The highest BCUT2D eigenvalue weighted by Gasteiger charge is 2.17. The molecule has 1 aliphatic rings. The number of ether oxygens (including phenoxy) is 3. The van der Waals surface area contributed by atoms with Gasteiger partial charge in [0.1, 0.15) is 19.0 Å². The van der Waals surface area contributed by atoms with E-state index >= 15 is 0 Å². The summed E-state index contributed by atoms with van der Waals surface area (Å²) >= 11 is 1.49. The Labute approximate surface area is 151 Å². The molecule has 5 heteroatoms.